The second-order valence-corrected chi connectivity index (χ2v) is 6.77. The lowest BCUT2D eigenvalue weighted by atomic mass is 9.92. The van der Waals surface area contributed by atoms with E-state index in [2.05, 4.69) is 0 Å². The van der Waals surface area contributed by atoms with Gasteiger partial charge < -0.3 is 9.84 Å². The Kier molecular flexibility index (Phi) is 5.59. The van der Waals surface area contributed by atoms with Gasteiger partial charge in [-0.05, 0) is 68.2 Å². The molecule has 106 valence electrons. The normalized spacial score (nSPS) is 18.5. The second kappa shape index (κ2) is 7.20. The smallest absolute Gasteiger partial charge is 0.120 e. The minimum Gasteiger partial charge on any atom is -0.491 e. The van der Waals surface area contributed by atoms with Crippen LogP contribution in [0.25, 0.3) is 0 Å². The molecule has 1 unspecified atom stereocenters. The molecule has 1 aliphatic heterocycles. The minimum absolute atomic E-state index is 0.169. The molecule has 1 aromatic carbocycles. The molecule has 1 N–H and O–H groups in total. The highest BCUT2D eigenvalue weighted by Crippen LogP contribution is 2.31. The topological polar surface area (TPSA) is 29.5 Å². The number of hydrogen-bond acceptors (Lipinski definition) is 3. The molecule has 3 heteroatoms. The molecule has 0 amide bonds. The van der Waals surface area contributed by atoms with Gasteiger partial charge in [0.05, 0.1) is 12.2 Å². The average molecular weight is 280 g/mol. The van der Waals surface area contributed by atoms with Crippen LogP contribution < -0.4 is 4.74 Å². The molecule has 1 fully saturated rings. The van der Waals surface area contributed by atoms with Gasteiger partial charge in [0, 0.05) is 0 Å². The van der Waals surface area contributed by atoms with Crippen LogP contribution in [0.5, 0.6) is 5.75 Å². The summed E-state index contributed by atoms with van der Waals surface area (Å²) in [5.74, 6) is 4.01. The molecule has 1 aromatic rings. The first-order chi connectivity index (χ1) is 9.15. The zero-order valence-corrected chi connectivity index (χ0v) is 12.7. The highest BCUT2D eigenvalue weighted by Gasteiger charge is 2.19. The first kappa shape index (κ1) is 14.7. The summed E-state index contributed by atoms with van der Waals surface area (Å²) in [6, 6.07) is 7.89. The van der Waals surface area contributed by atoms with Crippen molar-refractivity contribution in [1.29, 1.82) is 0 Å². The number of aliphatic hydroxyl groups excluding tert-OH is 1. The summed E-state index contributed by atoms with van der Waals surface area (Å²) in [6.45, 7) is 4.03. The van der Waals surface area contributed by atoms with Crippen LogP contribution in [0.15, 0.2) is 24.3 Å². The summed E-state index contributed by atoms with van der Waals surface area (Å²) < 4.78 is 5.68. The molecule has 19 heavy (non-hydrogen) atoms. The molecule has 0 aromatic heterocycles. The fourth-order valence-corrected chi connectivity index (χ4v) is 3.71. The summed E-state index contributed by atoms with van der Waals surface area (Å²) in [4.78, 5) is 0. The Balaban J connectivity index is 1.95. The van der Waals surface area contributed by atoms with Crippen molar-refractivity contribution in [3.05, 3.63) is 29.8 Å². The Morgan fingerprint density at radius 3 is 2.74 bits per heavy atom. The third-order valence-electron chi connectivity index (χ3n) is 3.51. The predicted molar refractivity (Wildman–Crippen MR) is 81.8 cm³/mol. The van der Waals surface area contributed by atoms with E-state index in [0.29, 0.717) is 5.92 Å². The van der Waals surface area contributed by atoms with Crippen LogP contribution in [0.4, 0.5) is 0 Å². The monoisotopic (exact) mass is 280 g/mol. The molecule has 0 aliphatic carbocycles. The number of ether oxygens (including phenoxy) is 1. The molecule has 2 nitrogen and oxygen atoms in total. The van der Waals surface area contributed by atoms with Crippen LogP contribution >= 0.6 is 11.8 Å². The van der Waals surface area contributed by atoms with E-state index in [0.717, 1.165) is 17.7 Å². The summed E-state index contributed by atoms with van der Waals surface area (Å²) >= 11 is 2.03. The van der Waals surface area contributed by atoms with E-state index in [-0.39, 0.29) is 12.2 Å². The maximum absolute atomic E-state index is 10.4. The number of rotatable bonds is 5. The van der Waals surface area contributed by atoms with Gasteiger partial charge in [0.2, 0.25) is 0 Å². The average Bonchev–Trinajstić information content (AvgIpc) is 2.39. The van der Waals surface area contributed by atoms with Gasteiger partial charge in [0.25, 0.3) is 0 Å². The Labute approximate surface area is 120 Å². The summed E-state index contributed by atoms with van der Waals surface area (Å²) in [7, 11) is 0. The van der Waals surface area contributed by atoms with Crippen molar-refractivity contribution in [3.63, 3.8) is 0 Å². The van der Waals surface area contributed by atoms with E-state index >= 15 is 0 Å². The van der Waals surface area contributed by atoms with E-state index < -0.39 is 0 Å². The summed E-state index contributed by atoms with van der Waals surface area (Å²) in [5, 5.41) is 10.4. The molecule has 0 spiro atoms. The third kappa shape index (κ3) is 4.73. The van der Waals surface area contributed by atoms with E-state index in [1.807, 2.05) is 49.9 Å². The SMILES string of the molecule is CC(C)Oc1cccc(C(O)CC2CCSCC2)c1. The van der Waals surface area contributed by atoms with Gasteiger partial charge in [-0.3, -0.25) is 0 Å². The largest absolute Gasteiger partial charge is 0.491 e. The molecule has 1 atom stereocenters. The molecule has 1 heterocycles. The van der Waals surface area contributed by atoms with E-state index in [1.54, 1.807) is 0 Å². The number of thioether (sulfide) groups is 1. The van der Waals surface area contributed by atoms with Gasteiger partial charge in [-0.25, -0.2) is 0 Å². The van der Waals surface area contributed by atoms with Crippen LogP contribution in [-0.2, 0) is 0 Å². The van der Waals surface area contributed by atoms with Crippen molar-refractivity contribution in [1.82, 2.24) is 0 Å². The maximum atomic E-state index is 10.4. The van der Waals surface area contributed by atoms with Crippen LogP contribution in [0.2, 0.25) is 0 Å². The fraction of sp³-hybridized carbons (Fsp3) is 0.625. The maximum Gasteiger partial charge on any atom is 0.120 e. The quantitative estimate of drug-likeness (QED) is 0.882. The van der Waals surface area contributed by atoms with Gasteiger partial charge in [-0.15, -0.1) is 0 Å². The standard InChI is InChI=1S/C16H24O2S/c1-12(2)18-15-5-3-4-14(11-15)16(17)10-13-6-8-19-9-7-13/h3-5,11-13,16-17H,6-10H2,1-2H3. The highest BCUT2D eigenvalue weighted by atomic mass is 32.2. The minimum atomic E-state index is -0.358. The van der Waals surface area contributed by atoms with E-state index in [9.17, 15) is 5.11 Å². The third-order valence-corrected chi connectivity index (χ3v) is 4.56. The van der Waals surface area contributed by atoms with Crippen molar-refractivity contribution in [3.8, 4) is 5.75 Å². The van der Waals surface area contributed by atoms with Crippen LogP contribution in [0.1, 0.15) is 44.8 Å². The lowest BCUT2D eigenvalue weighted by Gasteiger charge is -2.24. The van der Waals surface area contributed by atoms with Crippen LogP contribution in [-0.4, -0.2) is 22.7 Å². The van der Waals surface area contributed by atoms with Crippen molar-refractivity contribution in [2.75, 3.05) is 11.5 Å². The summed E-state index contributed by atoms with van der Waals surface area (Å²) in [5.41, 5.74) is 0.983. The first-order valence-corrected chi connectivity index (χ1v) is 8.33. The Hall–Kier alpha value is -0.670. The number of hydrogen-bond donors (Lipinski definition) is 1. The Morgan fingerprint density at radius 2 is 2.05 bits per heavy atom. The lowest BCUT2D eigenvalue weighted by Crippen LogP contribution is -2.13. The zero-order valence-electron chi connectivity index (χ0n) is 11.8. The van der Waals surface area contributed by atoms with Gasteiger partial charge in [-0.1, -0.05) is 12.1 Å². The van der Waals surface area contributed by atoms with Crippen molar-refractivity contribution in [2.45, 2.75) is 45.3 Å². The van der Waals surface area contributed by atoms with E-state index in [4.69, 9.17) is 4.74 Å². The Morgan fingerprint density at radius 1 is 1.32 bits per heavy atom. The van der Waals surface area contributed by atoms with Crippen molar-refractivity contribution >= 4 is 11.8 Å². The van der Waals surface area contributed by atoms with Gasteiger partial charge in [0.15, 0.2) is 0 Å². The molecule has 1 aliphatic rings. The molecular weight excluding hydrogens is 256 g/mol. The molecule has 2 rings (SSSR count). The zero-order chi connectivity index (χ0) is 13.7. The fourth-order valence-electron chi connectivity index (χ4n) is 2.50. The van der Waals surface area contributed by atoms with Crippen molar-refractivity contribution in [2.24, 2.45) is 5.92 Å². The molecule has 0 radical (unpaired) electrons. The lowest BCUT2D eigenvalue weighted by molar-refractivity contribution is 0.140. The highest BCUT2D eigenvalue weighted by molar-refractivity contribution is 7.99. The molecule has 0 saturated carbocycles. The molecular formula is C16H24O2S. The second-order valence-electron chi connectivity index (χ2n) is 5.55. The summed E-state index contributed by atoms with van der Waals surface area (Å²) in [6.07, 6.45) is 3.17. The van der Waals surface area contributed by atoms with Crippen LogP contribution in [0, 0.1) is 5.92 Å². The van der Waals surface area contributed by atoms with E-state index in [1.165, 1.54) is 24.3 Å². The van der Waals surface area contributed by atoms with Crippen LogP contribution in [0.3, 0.4) is 0 Å². The molecule has 1 saturated heterocycles. The first-order valence-electron chi connectivity index (χ1n) is 7.17. The number of benzene rings is 1. The predicted octanol–water partition coefficient (Wildman–Crippen LogP) is 4.04. The molecule has 0 bridgehead atoms. The van der Waals surface area contributed by atoms with Crippen molar-refractivity contribution < 1.29 is 9.84 Å². The van der Waals surface area contributed by atoms with Gasteiger partial charge in [-0.2, -0.15) is 11.8 Å². The van der Waals surface area contributed by atoms with Gasteiger partial charge >= 0.3 is 0 Å². The Bertz CT molecular complexity index is 386. The number of aliphatic hydroxyl groups is 1. The van der Waals surface area contributed by atoms with Gasteiger partial charge in [0.1, 0.15) is 5.75 Å².